The van der Waals surface area contributed by atoms with E-state index < -0.39 is 27.8 Å². The Balaban J connectivity index is 4.22. The third-order valence-corrected chi connectivity index (χ3v) is 3.39. The summed E-state index contributed by atoms with van der Waals surface area (Å²) in [6.07, 6.45) is -0.313. The summed E-state index contributed by atoms with van der Waals surface area (Å²) >= 11 is 0. The summed E-state index contributed by atoms with van der Waals surface area (Å²) in [6, 6.07) is 0. The number of aliphatic carboxylic acids is 1. The smallest absolute Gasteiger partial charge is 0.320 e. The first-order chi connectivity index (χ1) is 6.25. The Morgan fingerprint density at radius 2 is 2.00 bits per heavy atom. The normalized spacial score (nSPS) is 14.3. The molecule has 7 heteroatoms. The SMILES string of the molecule is CC(O)CCN(C)S(=O)(=O)CC(=O)O. The van der Waals surface area contributed by atoms with E-state index >= 15 is 0 Å². The van der Waals surface area contributed by atoms with Crippen LogP contribution in [0.5, 0.6) is 0 Å². The summed E-state index contributed by atoms with van der Waals surface area (Å²) in [5.74, 6) is -2.29. The van der Waals surface area contributed by atoms with Gasteiger partial charge in [0.05, 0.1) is 6.10 Å². The van der Waals surface area contributed by atoms with Crippen molar-refractivity contribution in [1.82, 2.24) is 4.31 Å². The monoisotopic (exact) mass is 225 g/mol. The van der Waals surface area contributed by atoms with Crippen LogP contribution in [-0.2, 0) is 14.8 Å². The van der Waals surface area contributed by atoms with E-state index in [1.165, 1.54) is 14.0 Å². The highest BCUT2D eigenvalue weighted by atomic mass is 32.2. The van der Waals surface area contributed by atoms with Crippen LogP contribution in [0.1, 0.15) is 13.3 Å². The van der Waals surface area contributed by atoms with Crippen molar-refractivity contribution in [2.75, 3.05) is 19.3 Å². The van der Waals surface area contributed by atoms with Gasteiger partial charge in [0, 0.05) is 13.6 Å². The van der Waals surface area contributed by atoms with Gasteiger partial charge in [0.1, 0.15) is 0 Å². The maximum atomic E-state index is 11.2. The molecule has 0 amide bonds. The minimum Gasteiger partial charge on any atom is -0.480 e. The molecule has 1 unspecified atom stereocenters. The number of hydrogen-bond donors (Lipinski definition) is 2. The highest BCUT2D eigenvalue weighted by Crippen LogP contribution is 2.01. The molecule has 2 N–H and O–H groups in total. The van der Waals surface area contributed by atoms with Crippen molar-refractivity contribution >= 4 is 16.0 Å². The molecule has 0 fully saturated rings. The van der Waals surface area contributed by atoms with Crippen LogP contribution in [0.2, 0.25) is 0 Å². The third-order valence-electron chi connectivity index (χ3n) is 1.64. The van der Waals surface area contributed by atoms with Crippen molar-refractivity contribution in [3.63, 3.8) is 0 Å². The molecule has 0 aromatic heterocycles. The molecule has 0 aliphatic carbocycles. The summed E-state index contributed by atoms with van der Waals surface area (Å²) in [5, 5.41) is 17.2. The molecule has 0 aliphatic rings. The molecule has 0 aromatic rings. The van der Waals surface area contributed by atoms with E-state index in [1.807, 2.05) is 0 Å². The van der Waals surface area contributed by atoms with Gasteiger partial charge >= 0.3 is 5.97 Å². The Labute approximate surface area is 83.2 Å². The second kappa shape index (κ2) is 5.28. The maximum absolute atomic E-state index is 11.2. The van der Waals surface area contributed by atoms with Crippen molar-refractivity contribution in [3.05, 3.63) is 0 Å². The molecule has 0 heterocycles. The minimum absolute atomic E-state index is 0.118. The molecule has 0 saturated heterocycles. The van der Waals surface area contributed by atoms with Crippen molar-refractivity contribution in [2.24, 2.45) is 0 Å². The van der Waals surface area contributed by atoms with E-state index in [1.54, 1.807) is 0 Å². The number of sulfonamides is 1. The maximum Gasteiger partial charge on any atom is 0.320 e. The van der Waals surface area contributed by atoms with E-state index in [0.717, 1.165) is 4.31 Å². The van der Waals surface area contributed by atoms with Crippen molar-refractivity contribution in [3.8, 4) is 0 Å². The molecular formula is C7H15NO5S. The van der Waals surface area contributed by atoms with Gasteiger partial charge in [0.2, 0.25) is 10.0 Å². The number of carboxylic acids is 1. The van der Waals surface area contributed by atoms with Crippen LogP contribution in [0.15, 0.2) is 0 Å². The van der Waals surface area contributed by atoms with Gasteiger partial charge in [0.15, 0.2) is 5.75 Å². The van der Waals surface area contributed by atoms with E-state index in [4.69, 9.17) is 10.2 Å². The lowest BCUT2D eigenvalue weighted by atomic mass is 10.3. The van der Waals surface area contributed by atoms with Gasteiger partial charge in [-0.1, -0.05) is 0 Å². The zero-order valence-electron chi connectivity index (χ0n) is 8.17. The first-order valence-corrected chi connectivity index (χ1v) is 5.70. The van der Waals surface area contributed by atoms with Crippen LogP contribution in [0, 0.1) is 0 Å². The lowest BCUT2D eigenvalue weighted by Gasteiger charge is -2.16. The molecule has 84 valence electrons. The predicted molar refractivity (Wildman–Crippen MR) is 50.4 cm³/mol. The van der Waals surface area contributed by atoms with Crippen molar-refractivity contribution in [2.45, 2.75) is 19.4 Å². The van der Waals surface area contributed by atoms with Gasteiger partial charge in [-0.3, -0.25) is 4.79 Å². The van der Waals surface area contributed by atoms with Crippen molar-refractivity contribution < 1.29 is 23.4 Å². The van der Waals surface area contributed by atoms with E-state index in [0.29, 0.717) is 0 Å². The fourth-order valence-corrected chi connectivity index (χ4v) is 1.69. The lowest BCUT2D eigenvalue weighted by molar-refractivity contribution is -0.134. The Morgan fingerprint density at radius 1 is 1.50 bits per heavy atom. The molecule has 14 heavy (non-hydrogen) atoms. The topological polar surface area (TPSA) is 94.9 Å². The summed E-state index contributed by atoms with van der Waals surface area (Å²) < 4.78 is 23.4. The molecule has 0 radical (unpaired) electrons. The molecule has 0 aliphatic heterocycles. The second-order valence-electron chi connectivity index (χ2n) is 3.11. The summed E-state index contributed by atoms with van der Waals surface area (Å²) in [6.45, 7) is 1.66. The van der Waals surface area contributed by atoms with Crippen LogP contribution >= 0.6 is 0 Å². The fourth-order valence-electron chi connectivity index (χ4n) is 0.774. The van der Waals surface area contributed by atoms with Crippen LogP contribution in [0.3, 0.4) is 0 Å². The Bertz CT molecular complexity index is 284. The third kappa shape index (κ3) is 5.15. The molecule has 1 atom stereocenters. The summed E-state index contributed by atoms with van der Waals surface area (Å²) in [4.78, 5) is 10.2. The van der Waals surface area contributed by atoms with Gasteiger partial charge in [-0.25, -0.2) is 12.7 Å². The van der Waals surface area contributed by atoms with Gasteiger partial charge < -0.3 is 10.2 Å². The van der Waals surface area contributed by atoms with Gasteiger partial charge in [-0.2, -0.15) is 0 Å². The van der Waals surface area contributed by atoms with Gasteiger partial charge in [-0.15, -0.1) is 0 Å². The summed E-state index contributed by atoms with van der Waals surface area (Å²) in [7, 11) is -2.44. The van der Waals surface area contributed by atoms with Crippen LogP contribution in [0.4, 0.5) is 0 Å². The van der Waals surface area contributed by atoms with Gasteiger partial charge in [0.25, 0.3) is 0 Å². The highest BCUT2D eigenvalue weighted by Gasteiger charge is 2.21. The van der Waals surface area contributed by atoms with Crippen LogP contribution < -0.4 is 0 Å². The number of aliphatic hydroxyl groups is 1. The second-order valence-corrected chi connectivity index (χ2v) is 5.19. The average molecular weight is 225 g/mol. The highest BCUT2D eigenvalue weighted by molar-refractivity contribution is 7.89. The largest absolute Gasteiger partial charge is 0.480 e. The van der Waals surface area contributed by atoms with Crippen LogP contribution in [0.25, 0.3) is 0 Å². The molecule has 6 nitrogen and oxygen atoms in total. The zero-order valence-corrected chi connectivity index (χ0v) is 8.99. The molecular weight excluding hydrogens is 210 g/mol. The zero-order chi connectivity index (χ0) is 11.4. The van der Waals surface area contributed by atoms with Crippen LogP contribution in [-0.4, -0.2) is 54.4 Å². The Hall–Kier alpha value is -0.660. The number of aliphatic hydroxyl groups excluding tert-OH is 1. The molecule has 0 rings (SSSR count). The molecule has 0 aromatic carbocycles. The Kier molecular flexibility index (Phi) is 5.03. The fraction of sp³-hybridized carbons (Fsp3) is 0.857. The minimum atomic E-state index is -3.73. The standard InChI is InChI=1S/C7H15NO5S/c1-6(9)3-4-8(2)14(12,13)5-7(10)11/h6,9H,3-5H2,1-2H3,(H,10,11). The quantitative estimate of drug-likeness (QED) is 0.611. The first kappa shape index (κ1) is 13.3. The number of nitrogens with zero attached hydrogens (tertiary/aromatic N) is 1. The number of rotatable bonds is 6. The Morgan fingerprint density at radius 3 is 2.36 bits per heavy atom. The predicted octanol–water partition coefficient (Wildman–Crippen LogP) is -0.896. The summed E-state index contributed by atoms with van der Waals surface area (Å²) in [5.41, 5.74) is 0. The van der Waals surface area contributed by atoms with Gasteiger partial charge in [-0.05, 0) is 13.3 Å². The lowest BCUT2D eigenvalue weighted by Crippen LogP contribution is -2.34. The first-order valence-electron chi connectivity index (χ1n) is 4.09. The molecule has 0 spiro atoms. The number of carboxylic acid groups (broad SMARTS) is 1. The molecule has 0 saturated carbocycles. The van der Waals surface area contributed by atoms with E-state index in [-0.39, 0.29) is 13.0 Å². The molecule has 0 bridgehead atoms. The average Bonchev–Trinajstić information content (AvgIpc) is 1.97. The number of carbonyl (C=O) groups is 1. The van der Waals surface area contributed by atoms with E-state index in [9.17, 15) is 13.2 Å². The van der Waals surface area contributed by atoms with E-state index in [2.05, 4.69) is 0 Å². The van der Waals surface area contributed by atoms with Crippen molar-refractivity contribution in [1.29, 1.82) is 0 Å². The number of hydrogen-bond acceptors (Lipinski definition) is 4.